The predicted octanol–water partition coefficient (Wildman–Crippen LogP) is 3.79. The molecular formula is C22H19N5O. The Morgan fingerprint density at radius 1 is 1.04 bits per heavy atom. The number of nitrogens with one attached hydrogen (secondary N) is 2. The Morgan fingerprint density at radius 3 is 2.68 bits per heavy atom. The molecule has 0 aliphatic heterocycles. The molecule has 0 amide bonds. The van der Waals surface area contributed by atoms with E-state index in [0.29, 0.717) is 11.4 Å². The van der Waals surface area contributed by atoms with Crippen LogP contribution in [0.4, 0.5) is 0 Å². The lowest BCUT2D eigenvalue weighted by Crippen LogP contribution is -2.32. The highest BCUT2D eigenvalue weighted by atomic mass is 16.5. The van der Waals surface area contributed by atoms with Crippen LogP contribution in [0.1, 0.15) is 5.56 Å². The molecule has 0 radical (unpaired) electrons. The van der Waals surface area contributed by atoms with Crippen LogP contribution >= 0.6 is 0 Å². The Kier molecular flexibility index (Phi) is 4.68. The van der Waals surface area contributed by atoms with Crippen LogP contribution in [0.5, 0.6) is 5.75 Å². The van der Waals surface area contributed by atoms with E-state index in [0.717, 1.165) is 22.0 Å². The zero-order valence-electron chi connectivity index (χ0n) is 15.4. The van der Waals surface area contributed by atoms with Gasteiger partial charge in [0, 0.05) is 17.1 Å². The first-order valence-corrected chi connectivity index (χ1v) is 8.88. The zero-order valence-corrected chi connectivity index (χ0v) is 15.4. The van der Waals surface area contributed by atoms with Crippen molar-refractivity contribution >= 4 is 16.7 Å². The summed E-state index contributed by atoms with van der Waals surface area (Å²) >= 11 is 0. The zero-order chi connectivity index (χ0) is 19.5. The van der Waals surface area contributed by atoms with Gasteiger partial charge in [-0.1, -0.05) is 36.4 Å². The van der Waals surface area contributed by atoms with E-state index in [1.807, 2.05) is 55.5 Å². The largest absolute Gasteiger partial charge is 0.485 e. The summed E-state index contributed by atoms with van der Waals surface area (Å²) in [6.07, 6.45) is 1.69. The summed E-state index contributed by atoms with van der Waals surface area (Å²) < 4.78 is 7.15. The van der Waals surface area contributed by atoms with Crippen LogP contribution in [0.25, 0.3) is 22.2 Å². The molecule has 0 aliphatic carbocycles. The monoisotopic (exact) mass is 369 g/mol. The fourth-order valence-electron chi connectivity index (χ4n) is 2.96. The standard InChI is InChI=1S/C22H19N5O/c1-15-7-8-17-19(13-15)25-12-11-20(17)28-14-22(24)27-21(23)10-9-18(26-27)16-5-3-2-4-6-16/h2-13,23-24H,14H2,1H3. The highest BCUT2D eigenvalue weighted by Crippen LogP contribution is 2.24. The summed E-state index contributed by atoms with van der Waals surface area (Å²) in [5.74, 6) is 0.737. The van der Waals surface area contributed by atoms with Crippen LogP contribution in [0.15, 0.2) is 72.9 Å². The van der Waals surface area contributed by atoms with Gasteiger partial charge in [-0.2, -0.15) is 9.78 Å². The topological polar surface area (TPSA) is 87.6 Å². The molecule has 0 spiro atoms. The number of nitrogens with zero attached hydrogens (tertiary/aromatic N) is 3. The maximum absolute atomic E-state index is 8.36. The molecule has 0 aliphatic rings. The molecule has 6 heteroatoms. The number of benzene rings is 2. The van der Waals surface area contributed by atoms with Gasteiger partial charge in [-0.3, -0.25) is 15.8 Å². The third kappa shape index (κ3) is 3.53. The first-order valence-electron chi connectivity index (χ1n) is 8.88. The van der Waals surface area contributed by atoms with Crippen molar-refractivity contribution in [2.45, 2.75) is 6.92 Å². The quantitative estimate of drug-likeness (QED) is 0.424. The summed E-state index contributed by atoms with van der Waals surface area (Å²) in [5, 5.41) is 21.8. The lowest BCUT2D eigenvalue weighted by atomic mass is 10.1. The normalized spacial score (nSPS) is 10.8. The van der Waals surface area contributed by atoms with Gasteiger partial charge in [0.2, 0.25) is 0 Å². The predicted molar refractivity (Wildman–Crippen MR) is 109 cm³/mol. The van der Waals surface area contributed by atoms with Gasteiger partial charge < -0.3 is 4.74 Å². The van der Waals surface area contributed by atoms with E-state index in [9.17, 15) is 0 Å². The maximum atomic E-state index is 8.36. The Bertz CT molecular complexity index is 1210. The first-order chi connectivity index (χ1) is 13.6. The van der Waals surface area contributed by atoms with E-state index in [2.05, 4.69) is 10.1 Å². The fraction of sp³-hybridized carbons (Fsp3) is 0.0909. The van der Waals surface area contributed by atoms with Gasteiger partial charge in [-0.15, -0.1) is 0 Å². The number of aryl methyl sites for hydroxylation is 1. The Morgan fingerprint density at radius 2 is 1.86 bits per heavy atom. The van der Waals surface area contributed by atoms with E-state index in [4.69, 9.17) is 15.6 Å². The van der Waals surface area contributed by atoms with Crippen molar-refractivity contribution < 1.29 is 4.74 Å². The van der Waals surface area contributed by atoms with Crippen molar-refractivity contribution in [1.82, 2.24) is 14.8 Å². The van der Waals surface area contributed by atoms with Crippen molar-refractivity contribution in [3.8, 4) is 17.0 Å². The number of rotatable bonds is 4. The van der Waals surface area contributed by atoms with Gasteiger partial charge in [0.15, 0.2) is 5.84 Å². The smallest absolute Gasteiger partial charge is 0.162 e. The fourth-order valence-corrected chi connectivity index (χ4v) is 2.96. The molecule has 0 saturated carbocycles. The van der Waals surface area contributed by atoms with Crippen molar-refractivity contribution in [3.05, 3.63) is 84.0 Å². The molecule has 6 nitrogen and oxygen atoms in total. The van der Waals surface area contributed by atoms with Crippen LogP contribution in [0.3, 0.4) is 0 Å². The van der Waals surface area contributed by atoms with Gasteiger partial charge >= 0.3 is 0 Å². The molecule has 28 heavy (non-hydrogen) atoms. The van der Waals surface area contributed by atoms with Gasteiger partial charge in [-0.05, 0) is 42.8 Å². The van der Waals surface area contributed by atoms with Crippen LogP contribution < -0.4 is 10.2 Å². The first kappa shape index (κ1) is 17.6. The van der Waals surface area contributed by atoms with E-state index >= 15 is 0 Å². The lowest BCUT2D eigenvalue weighted by Gasteiger charge is -2.12. The summed E-state index contributed by atoms with van der Waals surface area (Å²) in [4.78, 5) is 4.37. The number of fused-ring (bicyclic) bond motifs is 1. The van der Waals surface area contributed by atoms with E-state index in [1.165, 1.54) is 4.68 Å². The SMILES string of the molecule is Cc1ccc2c(OCC(=N)n3nc(-c4ccccc4)ccc3=N)ccnc2c1. The Balaban J connectivity index is 1.59. The average Bonchev–Trinajstić information content (AvgIpc) is 2.72. The molecular weight excluding hydrogens is 350 g/mol. The molecule has 0 bridgehead atoms. The molecule has 2 aromatic carbocycles. The van der Waals surface area contributed by atoms with Crippen LogP contribution in [-0.2, 0) is 0 Å². The van der Waals surface area contributed by atoms with E-state index in [1.54, 1.807) is 24.4 Å². The second-order valence-corrected chi connectivity index (χ2v) is 6.45. The van der Waals surface area contributed by atoms with Gasteiger partial charge in [-0.25, -0.2) is 0 Å². The maximum Gasteiger partial charge on any atom is 0.162 e. The minimum Gasteiger partial charge on any atom is -0.485 e. The van der Waals surface area contributed by atoms with E-state index < -0.39 is 0 Å². The molecule has 0 saturated heterocycles. The third-order valence-electron chi connectivity index (χ3n) is 4.38. The summed E-state index contributed by atoms with van der Waals surface area (Å²) in [5.41, 5.74) is 3.73. The average molecular weight is 369 g/mol. The molecule has 4 aromatic rings. The Labute approximate surface area is 162 Å². The molecule has 2 heterocycles. The van der Waals surface area contributed by atoms with Gasteiger partial charge in [0.1, 0.15) is 17.8 Å². The highest BCUT2D eigenvalue weighted by molar-refractivity contribution is 5.86. The Hall–Kier alpha value is -3.80. The molecule has 2 N–H and O–H groups in total. The van der Waals surface area contributed by atoms with Crippen molar-refractivity contribution in [1.29, 1.82) is 10.8 Å². The molecule has 0 atom stereocenters. The number of aromatic nitrogens is 3. The molecule has 0 fully saturated rings. The van der Waals surface area contributed by atoms with Crippen LogP contribution in [0.2, 0.25) is 0 Å². The number of hydrogen-bond acceptors (Lipinski definition) is 5. The summed E-state index contributed by atoms with van der Waals surface area (Å²) in [6, 6.07) is 20.9. The van der Waals surface area contributed by atoms with Gasteiger partial charge in [0.05, 0.1) is 11.2 Å². The van der Waals surface area contributed by atoms with Gasteiger partial charge in [0.25, 0.3) is 0 Å². The number of ether oxygens (including phenoxy) is 1. The number of hydrogen-bond donors (Lipinski definition) is 2. The van der Waals surface area contributed by atoms with Crippen LogP contribution in [-0.4, -0.2) is 27.2 Å². The second kappa shape index (κ2) is 7.44. The number of pyridine rings is 1. The molecule has 2 aromatic heterocycles. The molecule has 4 rings (SSSR count). The highest BCUT2D eigenvalue weighted by Gasteiger charge is 2.09. The molecule has 138 valence electrons. The van der Waals surface area contributed by atoms with Crippen molar-refractivity contribution in [2.75, 3.05) is 6.61 Å². The van der Waals surface area contributed by atoms with Crippen molar-refractivity contribution in [2.24, 2.45) is 0 Å². The van der Waals surface area contributed by atoms with Crippen molar-refractivity contribution in [3.63, 3.8) is 0 Å². The summed E-state index contributed by atoms with van der Waals surface area (Å²) in [7, 11) is 0. The second-order valence-electron chi connectivity index (χ2n) is 6.45. The summed E-state index contributed by atoms with van der Waals surface area (Å²) in [6.45, 7) is 2.01. The van der Waals surface area contributed by atoms with Crippen LogP contribution in [0, 0.1) is 17.7 Å². The molecule has 0 unspecified atom stereocenters. The minimum atomic E-state index is -0.00518. The van der Waals surface area contributed by atoms with E-state index in [-0.39, 0.29) is 17.9 Å². The minimum absolute atomic E-state index is 0.00518. The lowest BCUT2D eigenvalue weighted by molar-refractivity contribution is 0.374. The third-order valence-corrected chi connectivity index (χ3v) is 4.38.